The van der Waals surface area contributed by atoms with Crippen molar-refractivity contribution >= 4 is 0 Å². The van der Waals surface area contributed by atoms with Crippen LogP contribution in [0.1, 0.15) is 31.7 Å². The third-order valence-electron chi connectivity index (χ3n) is 6.02. The highest BCUT2D eigenvalue weighted by Crippen LogP contribution is 2.53. The van der Waals surface area contributed by atoms with Gasteiger partial charge in [-0.05, 0) is 42.2 Å². The van der Waals surface area contributed by atoms with Crippen molar-refractivity contribution in [3.63, 3.8) is 0 Å². The summed E-state index contributed by atoms with van der Waals surface area (Å²) in [6, 6.07) is 16.5. The van der Waals surface area contributed by atoms with E-state index >= 15 is 0 Å². The Morgan fingerprint density at radius 3 is 2.42 bits per heavy atom. The van der Waals surface area contributed by atoms with Gasteiger partial charge in [-0.25, -0.2) is 0 Å². The molecule has 26 heavy (non-hydrogen) atoms. The number of nitrogens with zero attached hydrogens (tertiary/aromatic N) is 3. The predicted molar refractivity (Wildman–Crippen MR) is 98.7 cm³/mol. The second-order valence-electron chi connectivity index (χ2n) is 7.24. The summed E-state index contributed by atoms with van der Waals surface area (Å²) in [5.41, 5.74) is 7.32. The first kappa shape index (κ1) is 17.8. The fraction of sp³-hybridized carbons (Fsp3) is 0.409. The maximum Gasteiger partial charge on any atom is 0.187 e. The number of benzene rings is 1. The van der Waals surface area contributed by atoms with Crippen molar-refractivity contribution in [3.05, 3.63) is 58.8 Å². The van der Waals surface area contributed by atoms with E-state index in [1.165, 1.54) is 0 Å². The molecule has 0 spiro atoms. The highest BCUT2D eigenvalue weighted by molar-refractivity contribution is 5.56. The maximum absolute atomic E-state index is 9.97. The van der Waals surface area contributed by atoms with Crippen molar-refractivity contribution < 1.29 is 0 Å². The van der Waals surface area contributed by atoms with Crippen LogP contribution in [0.25, 0.3) is 0 Å². The molecule has 2 aliphatic rings. The Bertz CT molecular complexity index is 859. The van der Waals surface area contributed by atoms with Gasteiger partial charge in [0, 0.05) is 5.92 Å². The molecule has 4 heteroatoms. The van der Waals surface area contributed by atoms with Crippen LogP contribution in [-0.4, -0.2) is 0 Å². The molecule has 0 radical (unpaired) electrons. The van der Waals surface area contributed by atoms with E-state index in [0.717, 1.165) is 30.4 Å². The molecule has 3 atom stereocenters. The van der Waals surface area contributed by atoms with Gasteiger partial charge in [-0.3, -0.25) is 0 Å². The largest absolute Gasteiger partial charge is 0.399 e. The van der Waals surface area contributed by atoms with Crippen LogP contribution in [0.3, 0.4) is 0 Å². The van der Waals surface area contributed by atoms with Gasteiger partial charge in [0.1, 0.15) is 6.07 Å². The predicted octanol–water partition coefficient (Wildman–Crippen LogP) is 3.99. The summed E-state index contributed by atoms with van der Waals surface area (Å²) in [5.74, 6) is 0.268. The molecular weight excluding hydrogens is 320 g/mol. The molecule has 1 aromatic rings. The number of nitriles is 3. The lowest BCUT2D eigenvalue weighted by Gasteiger charge is -2.44. The van der Waals surface area contributed by atoms with Gasteiger partial charge in [-0.2, -0.15) is 15.8 Å². The molecule has 0 aromatic heterocycles. The summed E-state index contributed by atoms with van der Waals surface area (Å²) >= 11 is 0. The standard InChI is InChI=1S/C22H22N4/c1-2-15-8-9-17-18(10-15)20(11-16-6-4-3-5-7-16)22(13-24,14-25)21(26)19(17)12-23/h3-7,9,15,18,20H,2,8,10-11,26H2,1H3. The van der Waals surface area contributed by atoms with Crippen LogP contribution in [0.15, 0.2) is 53.3 Å². The lowest BCUT2D eigenvalue weighted by Crippen LogP contribution is -2.45. The van der Waals surface area contributed by atoms with Crippen LogP contribution in [-0.2, 0) is 6.42 Å². The molecule has 130 valence electrons. The zero-order valence-corrected chi connectivity index (χ0v) is 14.9. The second kappa shape index (κ2) is 7.07. The molecule has 1 aromatic carbocycles. The molecule has 0 bridgehead atoms. The number of nitrogens with two attached hydrogens (primary N) is 1. The fourth-order valence-corrected chi connectivity index (χ4v) is 4.48. The summed E-state index contributed by atoms with van der Waals surface area (Å²) in [5, 5.41) is 29.6. The Labute approximate surface area is 154 Å². The Morgan fingerprint density at radius 1 is 1.15 bits per heavy atom. The minimum Gasteiger partial charge on any atom is -0.399 e. The van der Waals surface area contributed by atoms with Crippen LogP contribution in [0.4, 0.5) is 0 Å². The third-order valence-corrected chi connectivity index (χ3v) is 6.02. The first-order valence-corrected chi connectivity index (χ1v) is 9.08. The molecule has 3 rings (SSSR count). The van der Waals surface area contributed by atoms with Crippen LogP contribution >= 0.6 is 0 Å². The van der Waals surface area contributed by atoms with E-state index in [0.29, 0.717) is 17.9 Å². The van der Waals surface area contributed by atoms with E-state index in [9.17, 15) is 15.8 Å². The molecular formula is C22H22N4. The Balaban J connectivity index is 2.18. The van der Waals surface area contributed by atoms with Crippen LogP contribution in [0, 0.1) is 57.2 Å². The van der Waals surface area contributed by atoms with E-state index in [1.807, 2.05) is 30.3 Å². The molecule has 0 amide bonds. The van der Waals surface area contributed by atoms with Crippen molar-refractivity contribution in [2.24, 2.45) is 28.9 Å². The van der Waals surface area contributed by atoms with Crippen molar-refractivity contribution in [3.8, 4) is 18.2 Å². The number of allylic oxidation sites excluding steroid dienone is 4. The van der Waals surface area contributed by atoms with Crippen LogP contribution in [0.5, 0.6) is 0 Å². The van der Waals surface area contributed by atoms with E-state index in [-0.39, 0.29) is 17.5 Å². The fourth-order valence-electron chi connectivity index (χ4n) is 4.48. The molecule has 0 fully saturated rings. The minimum absolute atomic E-state index is 0.00940. The van der Waals surface area contributed by atoms with Gasteiger partial charge in [0.05, 0.1) is 23.4 Å². The van der Waals surface area contributed by atoms with E-state index in [1.54, 1.807) is 0 Å². The zero-order valence-electron chi connectivity index (χ0n) is 14.9. The van der Waals surface area contributed by atoms with Gasteiger partial charge in [0.25, 0.3) is 0 Å². The van der Waals surface area contributed by atoms with Crippen molar-refractivity contribution in [2.45, 2.75) is 32.6 Å². The summed E-state index contributed by atoms with van der Waals surface area (Å²) in [6.45, 7) is 2.16. The SMILES string of the molecule is CCC1CC=C2C(C#N)=C(N)C(C#N)(C#N)C(Cc3ccccc3)C2C1. The van der Waals surface area contributed by atoms with Crippen LogP contribution in [0.2, 0.25) is 0 Å². The number of rotatable bonds is 3. The molecule has 0 heterocycles. The Hall–Kier alpha value is -3.03. The van der Waals surface area contributed by atoms with E-state index < -0.39 is 5.41 Å². The van der Waals surface area contributed by atoms with Gasteiger partial charge in [-0.1, -0.05) is 49.8 Å². The average molecular weight is 342 g/mol. The zero-order chi connectivity index (χ0) is 18.7. The van der Waals surface area contributed by atoms with Gasteiger partial charge in [0.15, 0.2) is 5.41 Å². The van der Waals surface area contributed by atoms with Gasteiger partial charge in [-0.15, -0.1) is 0 Å². The number of hydrogen-bond acceptors (Lipinski definition) is 4. The van der Waals surface area contributed by atoms with E-state index in [2.05, 4.69) is 31.2 Å². The third kappa shape index (κ3) is 2.67. The first-order chi connectivity index (χ1) is 12.6. The molecule has 0 saturated heterocycles. The normalized spacial score (nSPS) is 26.7. The molecule has 2 aliphatic carbocycles. The van der Waals surface area contributed by atoms with Crippen molar-refractivity contribution in [1.82, 2.24) is 0 Å². The summed E-state index contributed by atoms with van der Waals surface area (Å²) in [6.07, 6.45) is 5.57. The van der Waals surface area contributed by atoms with Crippen molar-refractivity contribution in [1.29, 1.82) is 15.8 Å². The number of fused-ring (bicyclic) bond motifs is 1. The van der Waals surface area contributed by atoms with Gasteiger partial charge < -0.3 is 5.73 Å². The summed E-state index contributed by atoms with van der Waals surface area (Å²) < 4.78 is 0. The van der Waals surface area contributed by atoms with E-state index in [4.69, 9.17) is 5.73 Å². The monoisotopic (exact) mass is 342 g/mol. The number of hydrogen-bond donors (Lipinski definition) is 1. The summed E-state index contributed by atoms with van der Waals surface area (Å²) in [4.78, 5) is 0. The molecule has 0 aliphatic heterocycles. The molecule has 0 saturated carbocycles. The first-order valence-electron chi connectivity index (χ1n) is 9.08. The second-order valence-corrected chi connectivity index (χ2v) is 7.24. The smallest absolute Gasteiger partial charge is 0.187 e. The quantitative estimate of drug-likeness (QED) is 0.898. The van der Waals surface area contributed by atoms with Crippen LogP contribution < -0.4 is 5.73 Å². The highest BCUT2D eigenvalue weighted by Gasteiger charge is 2.53. The molecule has 4 nitrogen and oxygen atoms in total. The minimum atomic E-state index is -1.46. The van der Waals surface area contributed by atoms with Gasteiger partial charge in [0.2, 0.25) is 0 Å². The maximum atomic E-state index is 9.97. The highest BCUT2D eigenvalue weighted by atomic mass is 14.7. The summed E-state index contributed by atoms with van der Waals surface area (Å²) in [7, 11) is 0. The van der Waals surface area contributed by atoms with Crippen molar-refractivity contribution in [2.75, 3.05) is 0 Å². The topological polar surface area (TPSA) is 97.4 Å². The Kier molecular flexibility index (Phi) is 4.83. The lowest BCUT2D eigenvalue weighted by atomic mass is 9.56. The van der Waals surface area contributed by atoms with Gasteiger partial charge >= 0.3 is 0 Å². The molecule has 2 N–H and O–H groups in total. The lowest BCUT2D eigenvalue weighted by molar-refractivity contribution is 0.205. The average Bonchev–Trinajstić information content (AvgIpc) is 2.69. The molecule has 3 unspecified atom stereocenters. The Morgan fingerprint density at radius 2 is 1.85 bits per heavy atom.